The summed E-state index contributed by atoms with van der Waals surface area (Å²) in [7, 11) is 3.22. The molecule has 7 aliphatic rings. The molecule has 0 aliphatic carbocycles. The third-order valence-electron chi connectivity index (χ3n) is 25.0. The molecule has 0 radical (unpaired) electrons. The van der Waals surface area contributed by atoms with E-state index >= 15 is 0 Å². The smallest absolute Gasteiger partial charge is 0.410 e. The van der Waals surface area contributed by atoms with Crippen LogP contribution >= 0.6 is 27.5 Å². The van der Waals surface area contributed by atoms with Crippen molar-refractivity contribution >= 4 is 114 Å². The number of nitrogen functional groups attached to an aromatic ring is 2. The average molecular weight is 2060 g/mol. The Morgan fingerprint density at radius 3 is 1.29 bits per heavy atom. The number of nitrogens with zero attached hydrogens (tertiary/aromatic N) is 16. The van der Waals surface area contributed by atoms with Gasteiger partial charge in [0.25, 0.3) is 0 Å². The molecule has 14 heterocycles. The Morgan fingerprint density at radius 2 is 0.861 bits per heavy atom. The molecule has 6 aromatic carbocycles. The molecular formula is C106H131BrClN19O17. The van der Waals surface area contributed by atoms with Gasteiger partial charge >= 0.3 is 24.4 Å². The van der Waals surface area contributed by atoms with Crippen LogP contribution in [0.15, 0.2) is 171 Å². The third kappa shape index (κ3) is 28.3. The van der Waals surface area contributed by atoms with Gasteiger partial charge in [0.1, 0.15) is 77.8 Å². The number of alkyl halides is 2. The Labute approximate surface area is 851 Å². The minimum atomic E-state index is -0.543. The van der Waals surface area contributed by atoms with Crippen LogP contribution in [0.1, 0.15) is 187 Å². The first-order chi connectivity index (χ1) is 68.8. The van der Waals surface area contributed by atoms with Crippen LogP contribution in [-0.4, -0.2) is 224 Å². The number of anilines is 2. The van der Waals surface area contributed by atoms with E-state index in [1.165, 1.54) is 17.4 Å². The highest BCUT2D eigenvalue weighted by Gasteiger charge is 2.44. The summed E-state index contributed by atoms with van der Waals surface area (Å²) in [6.07, 6.45) is 3.77. The number of ketones is 3. The molecule has 1 unspecified atom stereocenters. The minimum Gasteiger partial charge on any atom is -0.494 e. The van der Waals surface area contributed by atoms with Gasteiger partial charge < -0.3 is 77.9 Å². The van der Waals surface area contributed by atoms with E-state index in [2.05, 4.69) is 108 Å². The van der Waals surface area contributed by atoms with Crippen LogP contribution in [0, 0.1) is 31.6 Å². The molecule has 13 aromatic rings. The van der Waals surface area contributed by atoms with E-state index < -0.39 is 10.8 Å². The summed E-state index contributed by atoms with van der Waals surface area (Å²) >= 11 is 9.05. The molecule has 144 heavy (non-hydrogen) atoms. The number of aromatic nitrogens is 11. The Kier molecular flexibility index (Phi) is 36.5. The van der Waals surface area contributed by atoms with Crippen LogP contribution in [0.2, 0.25) is 0 Å². The molecule has 0 bridgehead atoms. The molecule has 38 heteroatoms. The number of hydrogen-bond donors (Lipinski definition) is 3. The highest BCUT2D eigenvalue weighted by atomic mass is 79.9. The van der Waals surface area contributed by atoms with Gasteiger partial charge in [0.2, 0.25) is 11.9 Å². The maximum Gasteiger partial charge on any atom is 0.410 e. The molecule has 4 fully saturated rings. The number of nitrogens with one attached hydrogen (secondary N) is 1. The maximum absolute atomic E-state index is 12.3. The number of amides is 4. The fraction of sp³-hybridized carbons (Fsp3) is 0.453. The van der Waals surface area contributed by atoms with Crippen LogP contribution in [0.25, 0.3) is 33.1 Å². The zero-order valence-electron chi connectivity index (χ0n) is 84.7. The van der Waals surface area contributed by atoms with Crippen LogP contribution in [0.3, 0.4) is 0 Å². The summed E-state index contributed by atoms with van der Waals surface area (Å²) in [6.45, 7) is 36.8. The van der Waals surface area contributed by atoms with Crippen LogP contribution in [-0.2, 0) is 113 Å². The predicted octanol–water partition coefficient (Wildman–Crippen LogP) is 17.3. The lowest BCUT2D eigenvalue weighted by molar-refractivity contribution is -0.131. The van der Waals surface area contributed by atoms with Gasteiger partial charge in [0, 0.05) is 175 Å². The Morgan fingerprint density at radius 1 is 0.458 bits per heavy atom. The molecule has 36 nitrogen and oxygen atoms in total. The first-order valence-corrected chi connectivity index (χ1v) is 49.7. The van der Waals surface area contributed by atoms with E-state index in [4.69, 9.17) is 74.5 Å². The number of carbonyl (C=O) groups is 7. The summed E-state index contributed by atoms with van der Waals surface area (Å²) < 4.78 is 56.9. The van der Waals surface area contributed by atoms with Gasteiger partial charge in [-0.15, -0.1) is 21.8 Å². The molecule has 0 spiro atoms. The number of hydrogen-bond acceptors (Lipinski definition) is 30. The quantitative estimate of drug-likeness (QED) is 0.0634. The summed E-state index contributed by atoms with van der Waals surface area (Å²) in [5.74, 6) is 9.15. The van der Waals surface area contributed by atoms with Crippen molar-refractivity contribution in [3.8, 4) is 11.5 Å². The molecule has 20 rings (SSSR count). The number of piperidine rings is 3. The summed E-state index contributed by atoms with van der Waals surface area (Å²) in [4.78, 5) is 123. The fourth-order valence-electron chi connectivity index (χ4n) is 17.6. The Hall–Kier alpha value is -13.5. The highest BCUT2D eigenvalue weighted by Crippen LogP contribution is 2.38. The van der Waals surface area contributed by atoms with Gasteiger partial charge in [-0.25, -0.2) is 54.1 Å². The average Bonchev–Trinajstić information content (AvgIpc) is 1.70. The van der Waals surface area contributed by atoms with Crippen LogP contribution in [0.5, 0.6) is 11.5 Å². The zero-order valence-corrected chi connectivity index (χ0v) is 87.0. The number of nitrogens with two attached hydrogens (primary N) is 2. The van der Waals surface area contributed by atoms with Crippen molar-refractivity contribution in [2.24, 2.45) is 10.8 Å². The molecule has 0 saturated carbocycles. The lowest BCUT2D eigenvalue weighted by Crippen LogP contribution is -2.54. The SMILES string of the molecule is C1CCOC1.CC1(C)CN(C(=O)OCc2ccccc2)CC(Br)C1=O.CC1(C)CN(C(=O)OCc2ccccc2)CCC1=O.COc1cccc2c1nc(N)n1nc(CCCl)nc21.COc1cccc2c1nc(N)n1nc(CCN3Cc4oc(C)nc4C(C)(C)C3)nc21.Cc1nc2c(o1)CN(C(=O)OCc1ccccc1)CC2(C)C.Cc1nc2c(o1)CNCC2(C)C.O=C1CCN(C(=O)OCc2ccccc2)CC1. The van der Waals surface area contributed by atoms with E-state index in [9.17, 15) is 33.6 Å². The second-order valence-corrected chi connectivity index (χ2v) is 40.8. The number of aryl methyl sites for hydroxylation is 4. The number of Topliss-reactive ketones (excluding diaryl/α,β-unsaturated/α-hetero) is 3. The van der Waals surface area contributed by atoms with Crippen molar-refractivity contribution in [2.75, 3.05) is 110 Å². The van der Waals surface area contributed by atoms with Gasteiger partial charge in [0.15, 0.2) is 46.4 Å². The number of ether oxygens (including phenoxy) is 7. The molecule has 4 amide bonds. The zero-order chi connectivity index (χ0) is 103. The van der Waals surface area contributed by atoms with Crippen molar-refractivity contribution in [1.82, 2.24) is 83.9 Å². The van der Waals surface area contributed by atoms with Gasteiger partial charge in [0.05, 0.1) is 55.8 Å². The van der Waals surface area contributed by atoms with Crippen molar-refractivity contribution in [3.63, 3.8) is 0 Å². The molecule has 7 aliphatic heterocycles. The standard InChI is InChI=1S/C21H25N7O2.C17H20N2O3.C15H18BrNO3.C15H19NO3.C13H15NO3.C12H12ClN5O.C9H14N2O.C4H8O/c1-12-23-18-15(30-12)10-27(11-21(18,2)3)9-8-16-24-19-13-6-5-7-14(29-4)17(13)25-20(22)28(19)26-16;1-12-18-15-14(22-12)9-19(11-17(15,2)3)16(20)21-10-13-7-5-4-6-8-13;1-15(2)10-17(8-12(16)13(15)18)14(19)20-9-11-6-4-3-5-7-11;1-15(2)11-16(9-8-13(15)17)14(18)19-10-12-6-4-3-5-7-12;15-12-6-8-14(9-7-12)13(16)17-10-11-4-2-1-3-5-11;1-19-8-4-2-3-7-10(8)16-12(14)18-11(7)15-9(17-18)5-6-13;1-6-11-8-7(12-6)4-10-5-9(8,2)3;1-2-4-5-3-1/h5-7H,8-11H2,1-4H3,(H2,22,25);4-8H,9-11H2,1-3H3;3-7,12H,8-10H2,1-2H3;3-7H,8-11H2,1-2H3;1-5H,6-10H2;2-4H,5-6H2,1H3,(H2,14,16);10H,4-5H2,1-3H3;1-4H2. The number of fused-ring (bicyclic) bond motifs is 9. The Balaban J connectivity index is 0.000000141. The van der Waals surface area contributed by atoms with Crippen molar-refractivity contribution in [3.05, 3.63) is 244 Å². The van der Waals surface area contributed by atoms with Crippen LogP contribution < -0.4 is 26.3 Å². The molecule has 766 valence electrons. The number of para-hydroxylation sites is 2. The summed E-state index contributed by atoms with van der Waals surface area (Å²) in [5, 5.41) is 13.9. The second kappa shape index (κ2) is 48.7. The predicted molar refractivity (Wildman–Crippen MR) is 547 cm³/mol. The van der Waals surface area contributed by atoms with E-state index in [0.29, 0.717) is 142 Å². The molecular weight excluding hydrogens is 1930 g/mol. The number of rotatable bonds is 15. The topological polar surface area (TPSA) is 429 Å². The van der Waals surface area contributed by atoms with E-state index in [-0.39, 0.29) is 95.2 Å². The number of carbonyl (C=O) groups excluding carboxylic acids is 7. The number of oxazole rings is 3. The van der Waals surface area contributed by atoms with Gasteiger partial charge in [-0.2, -0.15) is 9.03 Å². The van der Waals surface area contributed by atoms with Gasteiger partial charge in [-0.05, 0) is 59.4 Å². The maximum atomic E-state index is 12.3. The first kappa shape index (κ1) is 108. The second-order valence-electron chi connectivity index (χ2n) is 39.3. The molecule has 7 aromatic heterocycles. The fourth-order valence-corrected chi connectivity index (χ4v) is 18.7. The van der Waals surface area contributed by atoms with Crippen molar-refractivity contribution in [1.29, 1.82) is 0 Å². The Bertz CT molecular complexity index is 6550. The normalized spacial score (nSPS) is 17.2. The lowest BCUT2D eigenvalue weighted by atomic mass is 9.83. The monoisotopic (exact) mass is 2060 g/mol. The van der Waals surface area contributed by atoms with E-state index in [0.717, 1.165) is 131 Å². The van der Waals surface area contributed by atoms with E-state index in [1.54, 1.807) is 38.3 Å². The largest absolute Gasteiger partial charge is 0.494 e. The third-order valence-corrected chi connectivity index (χ3v) is 25.9. The van der Waals surface area contributed by atoms with E-state index in [1.807, 2.05) is 206 Å². The summed E-state index contributed by atoms with van der Waals surface area (Å²) in [5.41, 5.74) is 20.6. The number of halogens is 2. The van der Waals surface area contributed by atoms with Crippen LogP contribution in [0.4, 0.5) is 31.1 Å². The minimum absolute atomic E-state index is 0.0568. The number of methoxy groups -OCH3 is 2. The molecule has 4 saturated heterocycles. The first-order valence-electron chi connectivity index (χ1n) is 48.3. The van der Waals surface area contributed by atoms with Gasteiger partial charge in [-0.1, -0.05) is 219 Å². The lowest BCUT2D eigenvalue weighted by Gasteiger charge is -2.38. The number of likely N-dealkylation sites (tertiary alicyclic amines) is 3. The van der Waals surface area contributed by atoms with Gasteiger partial charge in [-0.3, -0.25) is 24.2 Å². The highest BCUT2D eigenvalue weighted by molar-refractivity contribution is 9.10. The molecule has 1 atom stereocenters. The summed E-state index contributed by atoms with van der Waals surface area (Å²) in [6, 6.07) is 49.7. The number of benzene rings is 6. The van der Waals surface area contributed by atoms with Crippen molar-refractivity contribution in [2.45, 2.75) is 202 Å². The van der Waals surface area contributed by atoms with Crippen molar-refractivity contribution < 1.29 is 80.0 Å². The molecule has 5 N–H and O–H groups in total.